The van der Waals surface area contributed by atoms with E-state index in [1.165, 1.54) is 31.1 Å². The number of carboxylic acid groups (broad SMARTS) is 1. The van der Waals surface area contributed by atoms with E-state index in [0.717, 1.165) is 17.0 Å². The number of likely N-dealkylation sites (tertiary alicyclic amines) is 1. The van der Waals surface area contributed by atoms with Crippen LogP contribution in [0, 0.1) is 5.92 Å². The van der Waals surface area contributed by atoms with Gasteiger partial charge in [-0.1, -0.05) is 12.1 Å². The van der Waals surface area contributed by atoms with Crippen molar-refractivity contribution in [3.05, 3.63) is 35.4 Å². The molecule has 0 bridgehead atoms. The first-order chi connectivity index (χ1) is 12.0. The highest BCUT2D eigenvalue weighted by Crippen LogP contribution is 2.38. The number of hydrogen-bond acceptors (Lipinski definition) is 3. The number of carbonyl (C=O) groups excluding carboxylic acids is 2. The van der Waals surface area contributed by atoms with Crippen LogP contribution in [-0.2, 0) is 20.6 Å². The van der Waals surface area contributed by atoms with Gasteiger partial charge in [-0.3, -0.25) is 14.4 Å². The monoisotopic (exact) mass is 372 g/mol. The molecule has 1 heterocycles. The molecule has 0 aliphatic carbocycles. The van der Waals surface area contributed by atoms with Crippen LogP contribution in [0.5, 0.6) is 0 Å². The van der Waals surface area contributed by atoms with Crippen LogP contribution < -0.4 is 0 Å². The first-order valence-corrected chi connectivity index (χ1v) is 7.92. The van der Waals surface area contributed by atoms with Crippen molar-refractivity contribution >= 4 is 17.8 Å². The minimum atomic E-state index is -4.48. The summed E-state index contributed by atoms with van der Waals surface area (Å²) in [5, 5.41) is 8.85. The molecule has 1 saturated heterocycles. The second-order valence-corrected chi connectivity index (χ2v) is 6.30. The van der Waals surface area contributed by atoms with E-state index in [1.807, 2.05) is 0 Å². The summed E-state index contributed by atoms with van der Waals surface area (Å²) < 4.78 is 38.3. The molecule has 1 aromatic rings. The van der Waals surface area contributed by atoms with E-state index >= 15 is 0 Å². The molecule has 9 heteroatoms. The summed E-state index contributed by atoms with van der Waals surface area (Å²) in [6, 6.07) is 3.57. The van der Waals surface area contributed by atoms with Crippen molar-refractivity contribution in [2.75, 3.05) is 20.6 Å². The fourth-order valence-corrected chi connectivity index (χ4v) is 3.19. The van der Waals surface area contributed by atoms with E-state index in [4.69, 9.17) is 5.11 Å². The lowest BCUT2D eigenvalue weighted by Gasteiger charge is -2.39. The van der Waals surface area contributed by atoms with Crippen LogP contribution in [-0.4, -0.2) is 53.3 Å². The van der Waals surface area contributed by atoms with Crippen molar-refractivity contribution in [2.24, 2.45) is 5.92 Å². The number of rotatable bonds is 4. The maximum Gasteiger partial charge on any atom is 0.416 e. The molecule has 2 amide bonds. The predicted molar refractivity (Wildman–Crippen MR) is 85.0 cm³/mol. The summed E-state index contributed by atoms with van der Waals surface area (Å²) in [7, 11) is 2.83. The number of halogens is 3. The van der Waals surface area contributed by atoms with Crippen LogP contribution in [0.15, 0.2) is 24.3 Å². The van der Waals surface area contributed by atoms with E-state index in [2.05, 4.69) is 0 Å². The largest absolute Gasteiger partial charge is 0.480 e. The number of carboxylic acids is 1. The number of likely N-dealkylation sites (N-methyl/N-ethyl adjacent to an activating group) is 1. The highest BCUT2D eigenvalue weighted by molar-refractivity contribution is 5.86. The van der Waals surface area contributed by atoms with E-state index in [9.17, 15) is 27.6 Å². The molecule has 1 fully saturated rings. The van der Waals surface area contributed by atoms with E-state index in [1.54, 1.807) is 0 Å². The van der Waals surface area contributed by atoms with Crippen molar-refractivity contribution in [1.82, 2.24) is 9.80 Å². The molecule has 1 aromatic carbocycles. The van der Waals surface area contributed by atoms with Gasteiger partial charge in [-0.15, -0.1) is 0 Å². The molecule has 2 unspecified atom stereocenters. The summed E-state index contributed by atoms with van der Waals surface area (Å²) in [5.41, 5.74) is -0.424. The first kappa shape index (κ1) is 19.7. The molecular weight excluding hydrogens is 353 g/mol. The average molecular weight is 372 g/mol. The maximum atomic E-state index is 12.8. The van der Waals surface area contributed by atoms with Crippen molar-refractivity contribution in [3.63, 3.8) is 0 Å². The van der Waals surface area contributed by atoms with Gasteiger partial charge in [-0.05, 0) is 24.1 Å². The Bertz CT molecular complexity index is 703. The van der Waals surface area contributed by atoms with Crippen LogP contribution in [0.3, 0.4) is 0 Å². The molecule has 1 aliphatic rings. The van der Waals surface area contributed by atoms with Crippen molar-refractivity contribution < 1.29 is 32.7 Å². The van der Waals surface area contributed by atoms with Gasteiger partial charge < -0.3 is 14.9 Å². The normalized spacial score (nSPS) is 20.8. The number of piperidine rings is 1. The van der Waals surface area contributed by atoms with Crippen LogP contribution >= 0.6 is 0 Å². The number of amides is 2. The fourth-order valence-electron chi connectivity index (χ4n) is 3.19. The molecule has 0 saturated carbocycles. The second kappa shape index (κ2) is 7.35. The standard InChI is InChI=1S/C17H19F3N2O4/c1-21(9-14(24)25)16(26)12-7-8-13(23)22(2)15(12)10-3-5-11(6-4-10)17(18,19)20/h3-6,12,15H,7-9H2,1-2H3,(H,24,25). The lowest BCUT2D eigenvalue weighted by molar-refractivity contribution is -0.150. The maximum absolute atomic E-state index is 12.8. The number of hydrogen-bond donors (Lipinski definition) is 1. The molecule has 0 radical (unpaired) electrons. The Kier molecular flexibility index (Phi) is 5.58. The number of nitrogens with zero attached hydrogens (tertiary/aromatic N) is 2. The molecule has 0 spiro atoms. The number of alkyl halides is 3. The number of benzene rings is 1. The Morgan fingerprint density at radius 2 is 1.85 bits per heavy atom. The minimum Gasteiger partial charge on any atom is -0.480 e. The zero-order valence-electron chi connectivity index (χ0n) is 14.3. The third-order valence-corrected chi connectivity index (χ3v) is 4.51. The lowest BCUT2D eigenvalue weighted by atomic mass is 9.83. The van der Waals surface area contributed by atoms with Gasteiger partial charge in [0.1, 0.15) is 6.54 Å². The summed E-state index contributed by atoms with van der Waals surface area (Å²) in [6.45, 7) is -0.493. The molecule has 2 atom stereocenters. The number of carbonyl (C=O) groups is 3. The molecule has 6 nitrogen and oxygen atoms in total. The van der Waals surface area contributed by atoms with Gasteiger partial charge in [-0.25, -0.2) is 0 Å². The minimum absolute atomic E-state index is 0.116. The summed E-state index contributed by atoms with van der Waals surface area (Å²) in [6.07, 6.45) is -4.16. The Balaban J connectivity index is 2.34. The second-order valence-electron chi connectivity index (χ2n) is 6.30. The highest BCUT2D eigenvalue weighted by atomic mass is 19.4. The fraction of sp³-hybridized carbons (Fsp3) is 0.471. The first-order valence-electron chi connectivity index (χ1n) is 7.92. The topological polar surface area (TPSA) is 77.9 Å². The summed E-state index contributed by atoms with van der Waals surface area (Å²) in [4.78, 5) is 37.9. The summed E-state index contributed by atoms with van der Waals surface area (Å²) >= 11 is 0. The van der Waals surface area contributed by atoms with Crippen LogP contribution in [0.25, 0.3) is 0 Å². The van der Waals surface area contributed by atoms with Crippen molar-refractivity contribution in [2.45, 2.75) is 25.1 Å². The van der Waals surface area contributed by atoms with Gasteiger partial charge >= 0.3 is 12.1 Å². The quantitative estimate of drug-likeness (QED) is 0.879. The lowest BCUT2D eigenvalue weighted by Crippen LogP contribution is -2.47. The molecule has 0 aromatic heterocycles. The molecule has 26 heavy (non-hydrogen) atoms. The Morgan fingerprint density at radius 3 is 2.35 bits per heavy atom. The zero-order chi connectivity index (χ0) is 19.6. The zero-order valence-corrected chi connectivity index (χ0v) is 14.3. The van der Waals surface area contributed by atoms with E-state index in [-0.39, 0.29) is 18.7 Å². The number of aliphatic carboxylic acids is 1. The highest BCUT2D eigenvalue weighted by Gasteiger charge is 2.40. The third-order valence-electron chi connectivity index (χ3n) is 4.51. The van der Waals surface area contributed by atoms with Gasteiger partial charge in [0.25, 0.3) is 0 Å². The smallest absolute Gasteiger partial charge is 0.416 e. The Labute approximate surface area is 148 Å². The average Bonchev–Trinajstić information content (AvgIpc) is 2.55. The van der Waals surface area contributed by atoms with E-state index < -0.39 is 42.1 Å². The molecule has 1 aliphatic heterocycles. The van der Waals surface area contributed by atoms with Gasteiger partial charge in [-0.2, -0.15) is 13.2 Å². The molecule has 2 rings (SSSR count). The van der Waals surface area contributed by atoms with Gasteiger partial charge in [0.05, 0.1) is 17.5 Å². The van der Waals surface area contributed by atoms with Crippen molar-refractivity contribution in [1.29, 1.82) is 0 Å². The summed E-state index contributed by atoms with van der Waals surface area (Å²) in [5.74, 6) is -2.58. The third kappa shape index (κ3) is 4.14. The van der Waals surface area contributed by atoms with Gasteiger partial charge in [0, 0.05) is 20.5 Å². The SMILES string of the molecule is CN(CC(=O)O)C(=O)C1CCC(=O)N(C)C1c1ccc(C(F)(F)F)cc1. The van der Waals surface area contributed by atoms with Crippen LogP contribution in [0.2, 0.25) is 0 Å². The van der Waals surface area contributed by atoms with Crippen LogP contribution in [0.1, 0.15) is 30.0 Å². The van der Waals surface area contributed by atoms with Gasteiger partial charge in [0.15, 0.2) is 0 Å². The molecule has 142 valence electrons. The van der Waals surface area contributed by atoms with Crippen LogP contribution in [0.4, 0.5) is 13.2 Å². The van der Waals surface area contributed by atoms with Crippen molar-refractivity contribution in [3.8, 4) is 0 Å². The van der Waals surface area contributed by atoms with E-state index in [0.29, 0.717) is 5.56 Å². The molecular formula is C17H19F3N2O4. The Morgan fingerprint density at radius 1 is 1.27 bits per heavy atom. The van der Waals surface area contributed by atoms with Gasteiger partial charge in [0.2, 0.25) is 11.8 Å². The Hall–Kier alpha value is -2.58. The molecule has 1 N–H and O–H groups in total. The predicted octanol–water partition coefficient (Wildman–Crippen LogP) is 2.16.